The van der Waals surface area contributed by atoms with Crippen molar-refractivity contribution in [2.75, 3.05) is 6.66 Å². The van der Waals surface area contributed by atoms with E-state index in [-0.39, 0.29) is 0 Å². The van der Waals surface area contributed by atoms with E-state index in [0.29, 0.717) is 6.10 Å². The van der Waals surface area contributed by atoms with Crippen LogP contribution in [0.2, 0.25) is 0 Å². The standard InChI is InChI=1S/C8H17OPS/c1-7-3-5-8(6-4-7)9-10(2)11/h7-8,11H,3-6H2,1-2H3. The van der Waals surface area contributed by atoms with Gasteiger partial charge in [-0.3, -0.25) is 0 Å². The molecule has 1 nitrogen and oxygen atoms in total. The summed E-state index contributed by atoms with van der Waals surface area (Å²) in [7, 11) is -0.443. The second-order valence-corrected chi connectivity index (χ2v) is 6.28. The van der Waals surface area contributed by atoms with Crippen molar-refractivity contribution in [1.82, 2.24) is 0 Å². The molecule has 1 unspecified atom stereocenters. The predicted octanol–water partition coefficient (Wildman–Crippen LogP) is 3.45. The summed E-state index contributed by atoms with van der Waals surface area (Å²) in [5, 5.41) is 0. The molecular weight excluding hydrogens is 175 g/mol. The lowest BCUT2D eigenvalue weighted by molar-refractivity contribution is 0.155. The predicted molar refractivity (Wildman–Crippen MR) is 54.3 cm³/mol. The molecule has 1 fully saturated rings. The molecule has 1 aliphatic rings. The molecule has 0 saturated heterocycles. The highest BCUT2D eigenvalue weighted by molar-refractivity contribution is 8.43. The highest BCUT2D eigenvalue weighted by Gasteiger charge is 2.19. The molecule has 1 atom stereocenters. The van der Waals surface area contributed by atoms with Crippen LogP contribution < -0.4 is 0 Å². The van der Waals surface area contributed by atoms with Gasteiger partial charge in [-0.15, -0.1) is 12.2 Å². The molecule has 0 bridgehead atoms. The monoisotopic (exact) mass is 192 g/mol. The maximum absolute atomic E-state index is 5.67. The van der Waals surface area contributed by atoms with Crippen LogP contribution in [0.25, 0.3) is 0 Å². The van der Waals surface area contributed by atoms with Crippen molar-refractivity contribution in [2.24, 2.45) is 5.92 Å². The second-order valence-electron chi connectivity index (χ2n) is 3.45. The van der Waals surface area contributed by atoms with Crippen LogP contribution in [0, 0.1) is 5.92 Å². The fourth-order valence-corrected chi connectivity index (χ4v) is 2.59. The van der Waals surface area contributed by atoms with Gasteiger partial charge >= 0.3 is 0 Å². The van der Waals surface area contributed by atoms with Crippen LogP contribution in [-0.4, -0.2) is 12.8 Å². The average molecular weight is 192 g/mol. The van der Waals surface area contributed by atoms with Crippen LogP contribution in [0.3, 0.4) is 0 Å². The molecule has 0 aromatic heterocycles. The summed E-state index contributed by atoms with van der Waals surface area (Å²) in [5.74, 6) is 0.915. The summed E-state index contributed by atoms with van der Waals surface area (Å²) in [6.07, 6.45) is 5.67. The summed E-state index contributed by atoms with van der Waals surface area (Å²) < 4.78 is 5.67. The molecule has 11 heavy (non-hydrogen) atoms. The van der Waals surface area contributed by atoms with E-state index in [1.165, 1.54) is 25.7 Å². The Kier molecular flexibility index (Phi) is 4.19. The van der Waals surface area contributed by atoms with Gasteiger partial charge in [0.1, 0.15) is 0 Å². The summed E-state index contributed by atoms with van der Waals surface area (Å²) in [4.78, 5) is 0. The van der Waals surface area contributed by atoms with Crippen LogP contribution in [0.4, 0.5) is 0 Å². The average Bonchev–Trinajstić information content (AvgIpc) is 1.93. The quantitative estimate of drug-likeness (QED) is 0.520. The zero-order valence-electron chi connectivity index (χ0n) is 7.29. The van der Waals surface area contributed by atoms with Crippen molar-refractivity contribution in [3.63, 3.8) is 0 Å². The lowest BCUT2D eigenvalue weighted by Gasteiger charge is -2.27. The molecule has 1 saturated carbocycles. The molecule has 1 aliphatic carbocycles. The van der Waals surface area contributed by atoms with E-state index in [9.17, 15) is 0 Å². The molecule has 66 valence electrons. The normalized spacial score (nSPS) is 35.2. The fourth-order valence-electron chi connectivity index (χ4n) is 1.55. The first kappa shape index (κ1) is 9.83. The summed E-state index contributed by atoms with van der Waals surface area (Å²) in [5.41, 5.74) is 0. The largest absolute Gasteiger partial charge is 0.345 e. The Labute approximate surface area is 75.9 Å². The minimum Gasteiger partial charge on any atom is -0.345 e. The maximum atomic E-state index is 5.67. The van der Waals surface area contributed by atoms with E-state index < -0.39 is 7.35 Å². The molecule has 1 rings (SSSR count). The Balaban J connectivity index is 2.17. The molecule has 0 radical (unpaired) electrons. The Morgan fingerprint density at radius 1 is 1.27 bits per heavy atom. The van der Waals surface area contributed by atoms with E-state index in [0.717, 1.165) is 5.92 Å². The Hall–Kier alpha value is 0.740. The molecule has 0 aliphatic heterocycles. The van der Waals surface area contributed by atoms with Gasteiger partial charge in [-0.05, 0) is 38.3 Å². The number of rotatable bonds is 2. The molecule has 0 aromatic rings. The van der Waals surface area contributed by atoms with Gasteiger partial charge in [0.25, 0.3) is 0 Å². The van der Waals surface area contributed by atoms with E-state index in [1.807, 2.05) is 0 Å². The molecule has 0 amide bonds. The first-order valence-corrected chi connectivity index (χ1v) is 7.14. The van der Waals surface area contributed by atoms with Gasteiger partial charge in [0.15, 0.2) is 0 Å². The zero-order valence-corrected chi connectivity index (χ0v) is 9.07. The van der Waals surface area contributed by atoms with Gasteiger partial charge in [0.05, 0.1) is 13.5 Å². The molecule has 3 heteroatoms. The Bertz CT molecular complexity index is 111. The molecule has 0 aromatic carbocycles. The van der Waals surface area contributed by atoms with Crippen LogP contribution in [0.1, 0.15) is 32.6 Å². The topological polar surface area (TPSA) is 9.23 Å². The van der Waals surface area contributed by atoms with Crippen LogP contribution in [-0.2, 0) is 4.52 Å². The maximum Gasteiger partial charge on any atom is 0.0828 e. The smallest absolute Gasteiger partial charge is 0.0828 e. The summed E-state index contributed by atoms with van der Waals surface area (Å²) >= 11 is 4.27. The first-order valence-electron chi connectivity index (χ1n) is 4.28. The summed E-state index contributed by atoms with van der Waals surface area (Å²) in [6.45, 7) is 4.38. The van der Waals surface area contributed by atoms with Gasteiger partial charge in [0, 0.05) is 0 Å². The second kappa shape index (κ2) is 4.69. The first-order chi connectivity index (χ1) is 5.18. The van der Waals surface area contributed by atoms with Crippen LogP contribution >= 0.6 is 19.6 Å². The van der Waals surface area contributed by atoms with Gasteiger partial charge in [-0.1, -0.05) is 6.92 Å². The van der Waals surface area contributed by atoms with Gasteiger partial charge in [0.2, 0.25) is 0 Å². The van der Waals surface area contributed by atoms with Gasteiger partial charge in [-0.2, -0.15) is 0 Å². The lowest BCUT2D eigenvalue weighted by Crippen LogP contribution is -2.17. The van der Waals surface area contributed by atoms with Crippen molar-refractivity contribution in [3.05, 3.63) is 0 Å². The lowest BCUT2D eigenvalue weighted by atomic mass is 9.89. The van der Waals surface area contributed by atoms with E-state index in [2.05, 4.69) is 25.8 Å². The van der Waals surface area contributed by atoms with Crippen molar-refractivity contribution in [2.45, 2.75) is 38.7 Å². The van der Waals surface area contributed by atoms with E-state index in [4.69, 9.17) is 4.52 Å². The molecule has 0 heterocycles. The Morgan fingerprint density at radius 3 is 2.27 bits per heavy atom. The number of hydrogen-bond donors (Lipinski definition) is 1. The van der Waals surface area contributed by atoms with E-state index in [1.54, 1.807) is 0 Å². The third-order valence-electron chi connectivity index (χ3n) is 2.26. The zero-order chi connectivity index (χ0) is 8.27. The van der Waals surface area contributed by atoms with Crippen LogP contribution in [0.5, 0.6) is 0 Å². The van der Waals surface area contributed by atoms with Crippen molar-refractivity contribution in [3.8, 4) is 0 Å². The molecule has 0 N–H and O–H groups in total. The van der Waals surface area contributed by atoms with Crippen LogP contribution in [0.15, 0.2) is 0 Å². The minimum atomic E-state index is -0.443. The van der Waals surface area contributed by atoms with E-state index >= 15 is 0 Å². The van der Waals surface area contributed by atoms with Crippen molar-refractivity contribution in [1.29, 1.82) is 0 Å². The summed E-state index contributed by atoms with van der Waals surface area (Å²) in [6, 6.07) is 0. The minimum absolute atomic E-state index is 0.443. The highest BCUT2D eigenvalue weighted by Crippen LogP contribution is 2.41. The van der Waals surface area contributed by atoms with Crippen molar-refractivity contribution < 1.29 is 4.52 Å². The number of hydrogen-bond acceptors (Lipinski definition) is 2. The third-order valence-corrected chi connectivity index (χ3v) is 3.15. The molecule has 0 spiro atoms. The fraction of sp³-hybridized carbons (Fsp3) is 1.00. The SMILES string of the molecule is CC1CCC(OP(C)S)CC1. The van der Waals surface area contributed by atoms with Gasteiger partial charge < -0.3 is 4.52 Å². The Morgan fingerprint density at radius 2 is 1.82 bits per heavy atom. The third kappa shape index (κ3) is 3.78. The highest BCUT2D eigenvalue weighted by atomic mass is 32.7. The van der Waals surface area contributed by atoms with Crippen molar-refractivity contribution >= 4 is 19.6 Å². The number of thiol groups is 1. The van der Waals surface area contributed by atoms with Gasteiger partial charge in [-0.25, -0.2) is 0 Å². The molecular formula is C8H17OPS.